The van der Waals surface area contributed by atoms with Crippen LogP contribution in [0.15, 0.2) is 0 Å². The van der Waals surface area contributed by atoms with Crippen molar-refractivity contribution in [2.75, 3.05) is 6.61 Å². The average Bonchev–Trinajstić information content (AvgIpc) is 2.56. The number of aliphatic hydroxyl groups is 1. The Labute approximate surface area is 107 Å². The van der Waals surface area contributed by atoms with Gasteiger partial charge >= 0.3 is 0 Å². The van der Waals surface area contributed by atoms with E-state index in [1.54, 1.807) is 0 Å². The summed E-state index contributed by atoms with van der Waals surface area (Å²) >= 11 is 0. The van der Waals surface area contributed by atoms with E-state index >= 15 is 0 Å². The van der Waals surface area contributed by atoms with Gasteiger partial charge in [-0.2, -0.15) is 0 Å². The molecule has 1 N–H and O–H groups in total. The monoisotopic (exact) mass is 258 g/mol. The normalized spacial score (nSPS) is 49.5. The third kappa shape index (κ3) is 2.08. The van der Waals surface area contributed by atoms with Gasteiger partial charge in [-0.05, 0) is 34.1 Å². The highest BCUT2D eigenvalue weighted by molar-refractivity contribution is 5.01. The molecule has 0 amide bonds. The fourth-order valence-corrected chi connectivity index (χ4v) is 3.21. The number of hydrogen-bond donors (Lipinski definition) is 1. The van der Waals surface area contributed by atoms with E-state index in [2.05, 4.69) is 0 Å². The van der Waals surface area contributed by atoms with Gasteiger partial charge in [0.05, 0.1) is 18.8 Å². The molecule has 1 saturated carbocycles. The zero-order chi connectivity index (χ0) is 13.1. The minimum atomic E-state index is -0.656. The first-order chi connectivity index (χ1) is 8.27. The van der Waals surface area contributed by atoms with Crippen LogP contribution in [0.1, 0.15) is 34.1 Å². The van der Waals surface area contributed by atoms with Crippen LogP contribution in [0.5, 0.6) is 0 Å². The summed E-state index contributed by atoms with van der Waals surface area (Å²) in [5.41, 5.74) is 0. The Morgan fingerprint density at radius 1 is 0.889 bits per heavy atom. The first-order valence-corrected chi connectivity index (χ1v) is 6.63. The highest BCUT2D eigenvalue weighted by atomic mass is 16.8. The molecule has 3 aliphatic rings. The molecule has 5 heteroatoms. The lowest BCUT2D eigenvalue weighted by Crippen LogP contribution is -2.59. The van der Waals surface area contributed by atoms with Crippen molar-refractivity contribution in [3.63, 3.8) is 0 Å². The number of fused-ring (bicyclic) bond motifs is 3. The summed E-state index contributed by atoms with van der Waals surface area (Å²) in [6.07, 6.45) is -0.441. The molecule has 1 unspecified atom stereocenters. The highest BCUT2D eigenvalue weighted by Crippen LogP contribution is 2.44. The number of ether oxygens (including phenoxy) is 4. The van der Waals surface area contributed by atoms with Crippen LogP contribution < -0.4 is 0 Å². The third-order valence-electron chi connectivity index (χ3n) is 3.94. The van der Waals surface area contributed by atoms with Gasteiger partial charge in [0.15, 0.2) is 11.6 Å². The zero-order valence-corrected chi connectivity index (χ0v) is 11.4. The summed E-state index contributed by atoms with van der Waals surface area (Å²) < 4.78 is 23.4. The van der Waals surface area contributed by atoms with E-state index in [9.17, 15) is 5.11 Å². The standard InChI is InChI=1S/C13H22O5/c1-12(2)15-6-7-5-8(14)10-11(9(7)16-12)18-13(3,4)17-10/h7-11,14H,5-6H2,1-4H3/t7-,8?,9-,10+,11+/m1/s1. The molecule has 0 aromatic carbocycles. The fourth-order valence-electron chi connectivity index (χ4n) is 3.21. The number of hydrogen-bond acceptors (Lipinski definition) is 5. The minimum absolute atomic E-state index is 0.0658. The van der Waals surface area contributed by atoms with E-state index < -0.39 is 17.7 Å². The second-order valence-electron chi connectivity index (χ2n) is 6.42. The lowest BCUT2D eigenvalue weighted by Gasteiger charge is -2.47. The van der Waals surface area contributed by atoms with Gasteiger partial charge in [0.1, 0.15) is 12.2 Å². The van der Waals surface area contributed by atoms with Crippen LogP contribution in [0.3, 0.4) is 0 Å². The van der Waals surface area contributed by atoms with Gasteiger partial charge < -0.3 is 24.1 Å². The molecule has 3 fully saturated rings. The van der Waals surface area contributed by atoms with Crippen molar-refractivity contribution in [1.82, 2.24) is 0 Å². The Hall–Kier alpha value is -0.200. The van der Waals surface area contributed by atoms with Gasteiger partial charge in [0.25, 0.3) is 0 Å². The van der Waals surface area contributed by atoms with Crippen molar-refractivity contribution in [1.29, 1.82) is 0 Å². The molecule has 0 spiro atoms. The van der Waals surface area contributed by atoms with Gasteiger partial charge in [-0.3, -0.25) is 0 Å². The Morgan fingerprint density at radius 3 is 2.22 bits per heavy atom. The van der Waals surface area contributed by atoms with E-state index in [4.69, 9.17) is 18.9 Å². The number of aliphatic hydroxyl groups excluding tert-OH is 1. The molecule has 1 aliphatic carbocycles. The van der Waals surface area contributed by atoms with Crippen LogP contribution in [-0.4, -0.2) is 47.7 Å². The molecule has 18 heavy (non-hydrogen) atoms. The Balaban J connectivity index is 1.84. The maximum Gasteiger partial charge on any atom is 0.164 e. The van der Waals surface area contributed by atoms with Crippen molar-refractivity contribution in [2.45, 2.75) is 70.1 Å². The predicted octanol–water partition coefficient (Wildman–Crippen LogP) is 1.04. The first kappa shape index (κ1) is 12.8. The molecule has 5 nitrogen and oxygen atoms in total. The predicted molar refractivity (Wildman–Crippen MR) is 62.8 cm³/mol. The van der Waals surface area contributed by atoms with Gasteiger partial charge in [-0.15, -0.1) is 0 Å². The molecule has 0 bridgehead atoms. The molecule has 3 rings (SSSR count). The molecule has 0 radical (unpaired) electrons. The third-order valence-corrected chi connectivity index (χ3v) is 3.94. The topological polar surface area (TPSA) is 57.2 Å². The molecule has 2 aliphatic heterocycles. The lowest BCUT2D eigenvalue weighted by atomic mass is 9.80. The zero-order valence-electron chi connectivity index (χ0n) is 11.4. The summed E-state index contributed by atoms with van der Waals surface area (Å²) in [6.45, 7) is 8.16. The van der Waals surface area contributed by atoms with Crippen LogP contribution >= 0.6 is 0 Å². The molecular weight excluding hydrogens is 236 g/mol. The van der Waals surface area contributed by atoms with Crippen molar-refractivity contribution < 1.29 is 24.1 Å². The first-order valence-electron chi connectivity index (χ1n) is 6.63. The Bertz CT molecular complexity index is 340. The second kappa shape index (κ2) is 3.90. The van der Waals surface area contributed by atoms with Crippen LogP contribution in [0, 0.1) is 5.92 Å². The Kier molecular flexibility index (Phi) is 2.78. The minimum Gasteiger partial charge on any atom is -0.390 e. The van der Waals surface area contributed by atoms with E-state index in [0.717, 1.165) is 0 Å². The molecule has 5 atom stereocenters. The van der Waals surface area contributed by atoms with E-state index in [1.165, 1.54) is 0 Å². The van der Waals surface area contributed by atoms with Crippen LogP contribution in [0.2, 0.25) is 0 Å². The van der Waals surface area contributed by atoms with Gasteiger partial charge in [0.2, 0.25) is 0 Å². The van der Waals surface area contributed by atoms with Crippen molar-refractivity contribution in [2.24, 2.45) is 5.92 Å². The smallest absolute Gasteiger partial charge is 0.164 e. The molecule has 2 heterocycles. The van der Waals surface area contributed by atoms with Crippen molar-refractivity contribution >= 4 is 0 Å². The summed E-state index contributed by atoms with van der Waals surface area (Å²) in [5, 5.41) is 10.2. The van der Waals surface area contributed by atoms with Crippen LogP contribution in [-0.2, 0) is 18.9 Å². The highest BCUT2D eigenvalue weighted by Gasteiger charge is 2.57. The van der Waals surface area contributed by atoms with Gasteiger partial charge in [-0.1, -0.05) is 0 Å². The second-order valence-corrected chi connectivity index (χ2v) is 6.42. The molecule has 0 aromatic rings. The summed E-state index contributed by atoms with van der Waals surface area (Å²) in [4.78, 5) is 0. The van der Waals surface area contributed by atoms with Crippen LogP contribution in [0.4, 0.5) is 0 Å². The molecule has 0 aromatic heterocycles. The van der Waals surface area contributed by atoms with E-state index in [0.29, 0.717) is 13.0 Å². The SMILES string of the molecule is CC1(C)OC[C@H]2CC(O)[C@@H]3OC(C)(C)O[C@H]3[C@@H]2O1. The fraction of sp³-hybridized carbons (Fsp3) is 1.00. The van der Waals surface area contributed by atoms with E-state index in [1.807, 2.05) is 27.7 Å². The van der Waals surface area contributed by atoms with Crippen LogP contribution in [0.25, 0.3) is 0 Å². The molecule has 104 valence electrons. The number of rotatable bonds is 0. The lowest BCUT2D eigenvalue weighted by molar-refractivity contribution is -0.322. The molecule has 2 saturated heterocycles. The largest absolute Gasteiger partial charge is 0.390 e. The average molecular weight is 258 g/mol. The van der Waals surface area contributed by atoms with E-state index in [-0.39, 0.29) is 24.2 Å². The van der Waals surface area contributed by atoms with Gasteiger partial charge in [-0.25, -0.2) is 0 Å². The maximum absolute atomic E-state index is 10.2. The summed E-state index contributed by atoms with van der Waals surface area (Å²) in [5.74, 6) is -1.08. The summed E-state index contributed by atoms with van der Waals surface area (Å²) in [6, 6.07) is 0. The Morgan fingerprint density at radius 2 is 1.50 bits per heavy atom. The van der Waals surface area contributed by atoms with Crippen molar-refractivity contribution in [3.8, 4) is 0 Å². The quantitative estimate of drug-likeness (QED) is 0.703. The van der Waals surface area contributed by atoms with Gasteiger partial charge in [0, 0.05) is 5.92 Å². The summed E-state index contributed by atoms with van der Waals surface area (Å²) in [7, 11) is 0. The van der Waals surface area contributed by atoms with Crippen molar-refractivity contribution in [3.05, 3.63) is 0 Å². The maximum atomic E-state index is 10.2. The molecular formula is C13H22O5.